The Kier molecular flexibility index (Phi) is 3.50. The molecule has 1 aliphatic heterocycles. The number of carbonyl (C=O) groups excluding carboxylic acids is 1. The Morgan fingerprint density at radius 1 is 1.30 bits per heavy atom. The van der Waals surface area contributed by atoms with E-state index in [-0.39, 0.29) is 17.4 Å². The standard InChI is InChI=1S/C24H24N4O2/c1-13-19-11-15-5-7-20-22(27-14(2)30-20)21(15)24(13,3)8-9-28(19)23(29)16-4-6-17-18(10-16)26-12-25-17/h4-7,10,12-13,19H,8-9,11H2,1-3H3,(H,25,26)/t13-,19-,24-/m1/s1. The van der Waals surface area contributed by atoms with E-state index in [0.29, 0.717) is 11.8 Å². The molecule has 2 aromatic heterocycles. The lowest BCUT2D eigenvalue weighted by Gasteiger charge is -2.54. The van der Waals surface area contributed by atoms with Crippen LogP contribution >= 0.6 is 0 Å². The predicted molar refractivity (Wildman–Crippen MR) is 115 cm³/mol. The molecule has 0 spiro atoms. The van der Waals surface area contributed by atoms with Gasteiger partial charge in [0, 0.05) is 30.5 Å². The summed E-state index contributed by atoms with van der Waals surface area (Å²) in [4.78, 5) is 27.7. The van der Waals surface area contributed by atoms with Crippen LogP contribution in [0.25, 0.3) is 22.1 Å². The molecule has 1 amide bonds. The largest absolute Gasteiger partial charge is 0.441 e. The van der Waals surface area contributed by atoms with Crippen molar-refractivity contribution in [1.29, 1.82) is 0 Å². The van der Waals surface area contributed by atoms with Gasteiger partial charge >= 0.3 is 0 Å². The molecule has 2 bridgehead atoms. The van der Waals surface area contributed by atoms with Crippen molar-refractivity contribution in [3.05, 3.63) is 59.2 Å². The molecule has 4 aromatic rings. The molecule has 152 valence electrons. The molecular formula is C24H24N4O2. The van der Waals surface area contributed by atoms with Gasteiger partial charge in [0.25, 0.3) is 5.91 Å². The molecule has 1 aliphatic carbocycles. The number of nitrogens with zero attached hydrogens (tertiary/aromatic N) is 3. The quantitative estimate of drug-likeness (QED) is 0.515. The van der Waals surface area contributed by atoms with Gasteiger partial charge in [-0.3, -0.25) is 4.79 Å². The first-order valence-corrected chi connectivity index (χ1v) is 10.6. The van der Waals surface area contributed by atoms with Crippen molar-refractivity contribution in [1.82, 2.24) is 19.9 Å². The number of likely N-dealkylation sites (tertiary alicyclic amines) is 1. The van der Waals surface area contributed by atoms with Gasteiger partial charge in [-0.15, -0.1) is 0 Å². The van der Waals surface area contributed by atoms with E-state index in [2.05, 4.69) is 34.8 Å². The molecule has 3 heterocycles. The number of aryl methyl sites for hydroxylation is 1. The van der Waals surface area contributed by atoms with Crippen molar-refractivity contribution >= 4 is 28.0 Å². The average molecular weight is 400 g/mol. The van der Waals surface area contributed by atoms with Crippen LogP contribution in [0.5, 0.6) is 0 Å². The van der Waals surface area contributed by atoms with Crippen LogP contribution in [0.4, 0.5) is 0 Å². The van der Waals surface area contributed by atoms with Crippen molar-refractivity contribution in [2.75, 3.05) is 6.54 Å². The van der Waals surface area contributed by atoms with E-state index in [9.17, 15) is 4.79 Å². The van der Waals surface area contributed by atoms with E-state index in [1.165, 1.54) is 11.1 Å². The van der Waals surface area contributed by atoms with Gasteiger partial charge in [0.1, 0.15) is 5.52 Å². The van der Waals surface area contributed by atoms with Crippen molar-refractivity contribution in [2.45, 2.75) is 45.1 Å². The maximum atomic E-state index is 13.5. The summed E-state index contributed by atoms with van der Waals surface area (Å²) in [7, 11) is 0. The normalized spacial score (nSPS) is 25.6. The molecule has 1 N–H and O–H groups in total. The second-order valence-corrected chi connectivity index (χ2v) is 9.04. The third-order valence-electron chi connectivity index (χ3n) is 7.54. The van der Waals surface area contributed by atoms with Gasteiger partial charge in [0.2, 0.25) is 0 Å². The Morgan fingerprint density at radius 2 is 2.17 bits per heavy atom. The first-order chi connectivity index (χ1) is 14.5. The number of aromatic amines is 1. The van der Waals surface area contributed by atoms with Gasteiger partial charge in [-0.25, -0.2) is 9.97 Å². The smallest absolute Gasteiger partial charge is 0.254 e. The number of H-pyrrole nitrogens is 1. The molecule has 0 saturated carbocycles. The van der Waals surface area contributed by atoms with E-state index < -0.39 is 0 Å². The molecule has 1 saturated heterocycles. The van der Waals surface area contributed by atoms with Crippen molar-refractivity contribution < 1.29 is 9.21 Å². The number of oxazole rings is 1. The highest BCUT2D eigenvalue weighted by Crippen LogP contribution is 2.50. The summed E-state index contributed by atoms with van der Waals surface area (Å²) in [5.74, 6) is 1.15. The van der Waals surface area contributed by atoms with Gasteiger partial charge in [0.05, 0.1) is 17.4 Å². The topological polar surface area (TPSA) is 75.0 Å². The van der Waals surface area contributed by atoms with Gasteiger partial charge in [-0.05, 0) is 54.2 Å². The predicted octanol–water partition coefficient (Wildman–Crippen LogP) is 4.38. The summed E-state index contributed by atoms with van der Waals surface area (Å²) < 4.78 is 5.81. The van der Waals surface area contributed by atoms with Gasteiger partial charge in [0.15, 0.2) is 11.5 Å². The Balaban J connectivity index is 1.42. The number of aromatic nitrogens is 3. The van der Waals surface area contributed by atoms with Crippen LogP contribution in [0.15, 0.2) is 41.1 Å². The highest BCUT2D eigenvalue weighted by molar-refractivity contribution is 5.97. The fraction of sp³-hybridized carbons (Fsp3) is 0.375. The van der Waals surface area contributed by atoms with Crippen LogP contribution in [-0.2, 0) is 11.8 Å². The lowest BCUT2D eigenvalue weighted by molar-refractivity contribution is 0.0255. The van der Waals surface area contributed by atoms with E-state index >= 15 is 0 Å². The van der Waals surface area contributed by atoms with Gasteiger partial charge < -0.3 is 14.3 Å². The summed E-state index contributed by atoms with van der Waals surface area (Å²) in [6.07, 6.45) is 3.43. The number of imidazole rings is 1. The molecule has 6 nitrogen and oxygen atoms in total. The molecule has 6 rings (SSSR count). The first kappa shape index (κ1) is 17.7. The Labute approximate surface area is 174 Å². The molecule has 1 fully saturated rings. The summed E-state index contributed by atoms with van der Waals surface area (Å²) in [6.45, 7) is 7.28. The van der Waals surface area contributed by atoms with E-state index in [1.807, 2.05) is 31.2 Å². The zero-order valence-corrected chi connectivity index (χ0v) is 17.4. The monoisotopic (exact) mass is 400 g/mol. The minimum Gasteiger partial charge on any atom is -0.441 e. The van der Waals surface area contributed by atoms with Crippen LogP contribution < -0.4 is 0 Å². The number of benzene rings is 2. The Morgan fingerprint density at radius 3 is 3.03 bits per heavy atom. The number of piperidine rings is 1. The minimum atomic E-state index is -0.0226. The molecule has 30 heavy (non-hydrogen) atoms. The molecule has 6 heteroatoms. The number of nitrogens with one attached hydrogen (secondary N) is 1. The second kappa shape index (κ2) is 5.94. The van der Waals surface area contributed by atoms with E-state index in [4.69, 9.17) is 9.40 Å². The highest BCUT2D eigenvalue weighted by Gasteiger charge is 2.50. The van der Waals surface area contributed by atoms with Crippen molar-refractivity contribution in [3.63, 3.8) is 0 Å². The van der Waals surface area contributed by atoms with Crippen molar-refractivity contribution in [3.8, 4) is 0 Å². The number of hydrogen-bond acceptors (Lipinski definition) is 4. The van der Waals surface area contributed by atoms with Crippen LogP contribution in [0.2, 0.25) is 0 Å². The van der Waals surface area contributed by atoms with Crippen molar-refractivity contribution in [2.24, 2.45) is 5.92 Å². The summed E-state index contributed by atoms with van der Waals surface area (Å²) in [5, 5.41) is 0. The highest BCUT2D eigenvalue weighted by atomic mass is 16.3. The zero-order chi connectivity index (χ0) is 20.6. The SMILES string of the molecule is Cc1nc2c3c(ccc2o1)C[C@@H]1[C@@H](C)[C@@]3(C)CCN1C(=O)c1ccc2nc[nH]c2c1. The van der Waals surface area contributed by atoms with E-state index in [0.717, 1.165) is 47.1 Å². The molecule has 0 radical (unpaired) electrons. The molecular weight excluding hydrogens is 376 g/mol. The Bertz CT molecular complexity index is 1320. The average Bonchev–Trinajstić information content (AvgIpc) is 3.34. The van der Waals surface area contributed by atoms with Gasteiger partial charge in [-0.1, -0.05) is 19.9 Å². The number of rotatable bonds is 1. The summed E-state index contributed by atoms with van der Waals surface area (Å²) in [5.41, 5.74) is 6.96. The summed E-state index contributed by atoms with van der Waals surface area (Å²) >= 11 is 0. The second-order valence-electron chi connectivity index (χ2n) is 9.04. The number of amides is 1. The van der Waals surface area contributed by atoms with Crippen LogP contribution in [0.3, 0.4) is 0 Å². The van der Waals surface area contributed by atoms with E-state index in [1.54, 1.807) is 6.33 Å². The minimum absolute atomic E-state index is 0.0226. The third-order valence-corrected chi connectivity index (χ3v) is 7.54. The number of carbonyl (C=O) groups is 1. The fourth-order valence-electron chi connectivity index (χ4n) is 5.75. The van der Waals surface area contributed by atoms with Crippen LogP contribution in [0.1, 0.15) is 47.6 Å². The molecule has 3 atom stereocenters. The molecule has 2 aliphatic rings. The molecule has 2 aromatic carbocycles. The lowest BCUT2D eigenvalue weighted by Crippen LogP contribution is -2.59. The third kappa shape index (κ3) is 2.27. The number of fused-ring (bicyclic) bond motifs is 7. The van der Waals surface area contributed by atoms with Crippen LogP contribution in [0, 0.1) is 12.8 Å². The van der Waals surface area contributed by atoms with Crippen LogP contribution in [-0.4, -0.2) is 38.3 Å². The zero-order valence-electron chi connectivity index (χ0n) is 17.4. The maximum Gasteiger partial charge on any atom is 0.254 e. The first-order valence-electron chi connectivity index (χ1n) is 10.6. The molecule has 0 unspecified atom stereocenters. The van der Waals surface area contributed by atoms with Gasteiger partial charge in [-0.2, -0.15) is 0 Å². The lowest BCUT2D eigenvalue weighted by atomic mass is 9.58. The maximum absolute atomic E-state index is 13.5. The Hall–Kier alpha value is -3.15. The summed E-state index contributed by atoms with van der Waals surface area (Å²) in [6, 6.07) is 10.1. The number of hydrogen-bond donors (Lipinski definition) is 1. The fourth-order valence-corrected chi connectivity index (χ4v) is 5.75.